The molecule has 1 aromatic rings. The van der Waals surface area contributed by atoms with Gasteiger partial charge in [-0.1, -0.05) is 31.2 Å². The molecule has 1 aliphatic carbocycles. The highest BCUT2D eigenvalue weighted by molar-refractivity contribution is 5.35. The normalized spacial score (nSPS) is 31.2. The Labute approximate surface area is 84.2 Å². The fourth-order valence-corrected chi connectivity index (χ4v) is 2.30. The molecule has 2 rings (SSSR count). The third-order valence-corrected chi connectivity index (χ3v) is 3.26. The highest BCUT2D eigenvalue weighted by Crippen LogP contribution is 2.37. The molecule has 0 saturated heterocycles. The van der Waals surface area contributed by atoms with Gasteiger partial charge in [0.25, 0.3) is 0 Å². The number of hydrogen-bond donors (Lipinski definition) is 2. The van der Waals surface area contributed by atoms with Gasteiger partial charge in [0.2, 0.25) is 0 Å². The van der Waals surface area contributed by atoms with Crippen LogP contribution in [0.2, 0.25) is 0 Å². The van der Waals surface area contributed by atoms with Crippen LogP contribution in [0.1, 0.15) is 30.9 Å². The van der Waals surface area contributed by atoms with Crippen molar-refractivity contribution in [2.45, 2.75) is 37.9 Å². The molecule has 2 nitrogen and oxygen atoms in total. The van der Waals surface area contributed by atoms with Gasteiger partial charge >= 0.3 is 0 Å². The number of benzene rings is 1. The third-order valence-electron chi connectivity index (χ3n) is 3.26. The van der Waals surface area contributed by atoms with Gasteiger partial charge in [0.15, 0.2) is 0 Å². The van der Waals surface area contributed by atoms with Crippen LogP contribution in [0.4, 0.5) is 0 Å². The zero-order valence-electron chi connectivity index (χ0n) is 8.40. The molecule has 2 atom stereocenters. The molecular formula is C12H16O2. The van der Waals surface area contributed by atoms with Crippen molar-refractivity contribution in [3.05, 3.63) is 35.4 Å². The topological polar surface area (TPSA) is 40.5 Å². The van der Waals surface area contributed by atoms with Crippen molar-refractivity contribution < 1.29 is 10.2 Å². The van der Waals surface area contributed by atoms with E-state index in [-0.39, 0.29) is 0 Å². The lowest BCUT2D eigenvalue weighted by Crippen LogP contribution is -2.42. The van der Waals surface area contributed by atoms with E-state index >= 15 is 0 Å². The van der Waals surface area contributed by atoms with Gasteiger partial charge in [0.05, 0.1) is 6.10 Å². The fourth-order valence-electron chi connectivity index (χ4n) is 2.30. The largest absolute Gasteiger partial charge is 0.390 e. The summed E-state index contributed by atoms with van der Waals surface area (Å²) in [4.78, 5) is 0. The van der Waals surface area contributed by atoms with E-state index < -0.39 is 11.7 Å². The maximum atomic E-state index is 10.4. The lowest BCUT2D eigenvalue weighted by atomic mass is 9.75. The molecule has 14 heavy (non-hydrogen) atoms. The number of aliphatic hydroxyl groups is 2. The van der Waals surface area contributed by atoms with Gasteiger partial charge < -0.3 is 10.2 Å². The molecule has 1 aromatic carbocycles. The number of fused-ring (bicyclic) bond motifs is 1. The standard InChI is InChI=1S/C12H16O2/c1-2-12(14)10-6-4-3-5-9(10)7-8-11(12)13/h3-6,11,13-14H,2,7-8H2,1H3. The fraction of sp³-hybridized carbons (Fsp3) is 0.500. The monoisotopic (exact) mass is 192 g/mol. The van der Waals surface area contributed by atoms with Crippen molar-refractivity contribution in [3.8, 4) is 0 Å². The van der Waals surface area contributed by atoms with Crippen molar-refractivity contribution in [1.29, 1.82) is 0 Å². The maximum absolute atomic E-state index is 10.4. The van der Waals surface area contributed by atoms with Gasteiger partial charge in [-0.05, 0) is 30.4 Å². The lowest BCUT2D eigenvalue weighted by molar-refractivity contribution is -0.0926. The second kappa shape index (κ2) is 3.37. The van der Waals surface area contributed by atoms with Crippen LogP contribution in [0.3, 0.4) is 0 Å². The minimum atomic E-state index is -1.03. The second-order valence-corrected chi connectivity index (χ2v) is 3.99. The summed E-state index contributed by atoms with van der Waals surface area (Å²) in [5.74, 6) is 0. The predicted molar refractivity (Wildman–Crippen MR) is 55.0 cm³/mol. The van der Waals surface area contributed by atoms with E-state index in [1.54, 1.807) is 0 Å². The molecule has 0 aromatic heterocycles. The van der Waals surface area contributed by atoms with E-state index in [4.69, 9.17) is 0 Å². The quantitative estimate of drug-likeness (QED) is 0.709. The highest BCUT2D eigenvalue weighted by Gasteiger charge is 2.39. The Morgan fingerprint density at radius 3 is 2.86 bits per heavy atom. The van der Waals surface area contributed by atoms with Crippen LogP contribution in [0.25, 0.3) is 0 Å². The third kappa shape index (κ3) is 1.26. The molecule has 0 saturated carbocycles. The number of hydrogen-bond acceptors (Lipinski definition) is 2. The van der Waals surface area contributed by atoms with E-state index in [1.165, 1.54) is 5.56 Å². The maximum Gasteiger partial charge on any atom is 0.115 e. The molecule has 1 aliphatic rings. The molecule has 0 fully saturated rings. The first-order valence-electron chi connectivity index (χ1n) is 5.17. The van der Waals surface area contributed by atoms with Crippen molar-refractivity contribution in [1.82, 2.24) is 0 Å². The molecule has 0 radical (unpaired) electrons. The summed E-state index contributed by atoms with van der Waals surface area (Å²) in [5.41, 5.74) is 1.04. The summed E-state index contributed by atoms with van der Waals surface area (Å²) >= 11 is 0. The molecule has 0 bridgehead atoms. The molecule has 0 spiro atoms. The van der Waals surface area contributed by atoms with Crippen LogP contribution >= 0.6 is 0 Å². The molecule has 76 valence electrons. The summed E-state index contributed by atoms with van der Waals surface area (Å²) in [6.07, 6.45) is 1.45. The van der Waals surface area contributed by atoms with E-state index in [9.17, 15) is 10.2 Å². The molecule has 0 heterocycles. The van der Waals surface area contributed by atoms with Crippen LogP contribution in [-0.2, 0) is 12.0 Å². The van der Waals surface area contributed by atoms with Gasteiger partial charge in [-0.2, -0.15) is 0 Å². The zero-order chi connectivity index (χ0) is 10.2. The van der Waals surface area contributed by atoms with Crippen LogP contribution in [-0.4, -0.2) is 16.3 Å². The minimum Gasteiger partial charge on any atom is -0.390 e. The lowest BCUT2D eigenvalue weighted by Gasteiger charge is -2.38. The molecule has 2 unspecified atom stereocenters. The van der Waals surface area contributed by atoms with Crippen molar-refractivity contribution in [2.75, 3.05) is 0 Å². The van der Waals surface area contributed by atoms with Gasteiger partial charge in [-0.25, -0.2) is 0 Å². The average Bonchev–Trinajstić information content (AvgIpc) is 2.24. The molecule has 2 heteroatoms. The highest BCUT2D eigenvalue weighted by atomic mass is 16.3. The zero-order valence-corrected chi connectivity index (χ0v) is 8.40. The first kappa shape index (κ1) is 9.69. The van der Waals surface area contributed by atoms with E-state index in [0.717, 1.165) is 12.0 Å². The van der Waals surface area contributed by atoms with E-state index in [1.807, 2.05) is 31.2 Å². The van der Waals surface area contributed by atoms with E-state index in [0.29, 0.717) is 12.8 Å². The number of rotatable bonds is 1. The summed E-state index contributed by atoms with van der Waals surface area (Å²) in [5, 5.41) is 20.2. The molecule has 0 amide bonds. The first-order chi connectivity index (χ1) is 6.68. The Morgan fingerprint density at radius 1 is 1.43 bits per heavy atom. The summed E-state index contributed by atoms with van der Waals surface area (Å²) in [6.45, 7) is 1.91. The van der Waals surface area contributed by atoms with Crippen molar-refractivity contribution in [2.24, 2.45) is 0 Å². The summed E-state index contributed by atoms with van der Waals surface area (Å²) in [6, 6.07) is 7.84. The second-order valence-electron chi connectivity index (χ2n) is 3.99. The summed E-state index contributed by atoms with van der Waals surface area (Å²) in [7, 11) is 0. The van der Waals surface area contributed by atoms with E-state index in [2.05, 4.69) is 0 Å². The Balaban J connectivity index is 2.52. The predicted octanol–water partition coefficient (Wildman–Crippen LogP) is 1.59. The van der Waals surface area contributed by atoms with Gasteiger partial charge in [0.1, 0.15) is 5.60 Å². The Kier molecular flexibility index (Phi) is 2.33. The van der Waals surface area contributed by atoms with Gasteiger partial charge in [-0.15, -0.1) is 0 Å². The van der Waals surface area contributed by atoms with Gasteiger partial charge in [0, 0.05) is 0 Å². The SMILES string of the molecule is CCC1(O)c2ccccc2CCC1O. The Morgan fingerprint density at radius 2 is 2.14 bits per heavy atom. The van der Waals surface area contributed by atoms with Crippen LogP contribution in [0, 0.1) is 0 Å². The minimum absolute atomic E-state index is 0.561. The smallest absolute Gasteiger partial charge is 0.115 e. The Bertz CT molecular complexity index is 335. The van der Waals surface area contributed by atoms with Crippen LogP contribution < -0.4 is 0 Å². The van der Waals surface area contributed by atoms with Crippen molar-refractivity contribution in [3.63, 3.8) is 0 Å². The van der Waals surface area contributed by atoms with Crippen molar-refractivity contribution >= 4 is 0 Å². The molecule has 0 aliphatic heterocycles. The number of aliphatic hydroxyl groups excluding tert-OH is 1. The molecular weight excluding hydrogens is 176 g/mol. The van der Waals surface area contributed by atoms with Crippen LogP contribution in [0.5, 0.6) is 0 Å². The molecule has 2 N–H and O–H groups in total. The Hall–Kier alpha value is -0.860. The first-order valence-corrected chi connectivity index (χ1v) is 5.17. The van der Waals surface area contributed by atoms with Gasteiger partial charge in [-0.3, -0.25) is 0 Å². The number of aryl methyl sites for hydroxylation is 1. The van der Waals surface area contributed by atoms with Crippen LogP contribution in [0.15, 0.2) is 24.3 Å². The average molecular weight is 192 g/mol. The summed E-state index contributed by atoms with van der Waals surface area (Å²) < 4.78 is 0.